The number of rotatable bonds is 3. The van der Waals surface area contributed by atoms with Gasteiger partial charge in [-0.25, -0.2) is 8.78 Å². The lowest BCUT2D eigenvalue weighted by molar-refractivity contribution is -0.136. The van der Waals surface area contributed by atoms with Crippen LogP contribution in [0.1, 0.15) is 23.2 Å². The number of anilines is 1. The Balaban J connectivity index is 3.35. The van der Waals surface area contributed by atoms with Crippen LogP contribution in [0.2, 0.25) is 0 Å². The van der Waals surface area contributed by atoms with Crippen molar-refractivity contribution in [3.63, 3.8) is 0 Å². The van der Waals surface area contributed by atoms with Crippen molar-refractivity contribution in [2.75, 3.05) is 5.73 Å². The summed E-state index contributed by atoms with van der Waals surface area (Å²) in [6.45, 7) is 0. The zero-order chi connectivity index (χ0) is 12.3. The third-order valence-electron chi connectivity index (χ3n) is 1.91. The molecule has 84 valence electrons. The van der Waals surface area contributed by atoms with Crippen molar-refractivity contribution in [3.05, 3.63) is 23.0 Å². The third-order valence-corrected chi connectivity index (χ3v) is 1.91. The predicted molar refractivity (Wildman–Crippen MR) is 49.7 cm³/mol. The summed E-state index contributed by atoms with van der Waals surface area (Å²) in [5.41, 5.74) is 3.99. The molecule has 0 fully saturated rings. The first-order chi connectivity index (χ1) is 7.47. The Morgan fingerprint density at radius 3 is 2.75 bits per heavy atom. The number of carboxylic acids is 1. The molecule has 0 radical (unpaired) electrons. The highest BCUT2D eigenvalue weighted by Crippen LogP contribution is 2.27. The molecule has 0 aliphatic carbocycles. The van der Waals surface area contributed by atoms with E-state index >= 15 is 0 Å². The van der Waals surface area contributed by atoms with Crippen LogP contribution >= 0.6 is 0 Å². The normalized spacial score (nSPS) is 10.1. The van der Waals surface area contributed by atoms with E-state index in [1.54, 1.807) is 6.07 Å². The van der Waals surface area contributed by atoms with E-state index in [4.69, 9.17) is 16.1 Å². The van der Waals surface area contributed by atoms with Crippen LogP contribution in [-0.2, 0) is 11.2 Å². The maximum Gasteiger partial charge on any atom is 0.307 e. The van der Waals surface area contributed by atoms with Crippen molar-refractivity contribution >= 4 is 11.7 Å². The number of hydrogen-bond donors (Lipinski definition) is 2. The van der Waals surface area contributed by atoms with Gasteiger partial charge >= 0.3 is 5.97 Å². The monoisotopic (exact) mass is 227 g/mol. The quantitative estimate of drug-likeness (QED) is 0.805. The molecular formula is C9H7F2N3O2. The molecular weight excluding hydrogens is 220 g/mol. The summed E-state index contributed by atoms with van der Waals surface area (Å²) < 4.78 is 24.8. The number of carboxylic acid groups (broad SMARTS) is 1. The first-order valence-corrected chi connectivity index (χ1v) is 4.14. The van der Waals surface area contributed by atoms with E-state index in [1.165, 1.54) is 0 Å². The van der Waals surface area contributed by atoms with Crippen LogP contribution < -0.4 is 5.73 Å². The smallest absolute Gasteiger partial charge is 0.307 e. The third kappa shape index (κ3) is 2.23. The van der Waals surface area contributed by atoms with Crippen LogP contribution in [-0.4, -0.2) is 16.1 Å². The molecule has 0 saturated carbocycles. The topological polar surface area (TPSA) is 100 Å². The Bertz CT molecular complexity index is 469. The average molecular weight is 227 g/mol. The van der Waals surface area contributed by atoms with Crippen molar-refractivity contribution < 1.29 is 18.7 Å². The first-order valence-electron chi connectivity index (χ1n) is 4.14. The molecule has 1 aromatic heterocycles. The summed E-state index contributed by atoms with van der Waals surface area (Å²) in [7, 11) is 0. The number of aliphatic carboxylic acids is 1. The Labute approximate surface area is 89.1 Å². The largest absolute Gasteiger partial charge is 0.481 e. The van der Waals surface area contributed by atoms with E-state index in [-0.39, 0.29) is 11.1 Å². The molecule has 0 unspecified atom stereocenters. The summed E-state index contributed by atoms with van der Waals surface area (Å²) in [6.07, 6.45) is -2.59. The molecule has 16 heavy (non-hydrogen) atoms. The molecule has 0 aromatic carbocycles. The van der Waals surface area contributed by atoms with Crippen LogP contribution in [0.4, 0.5) is 14.5 Å². The van der Waals surface area contributed by atoms with Gasteiger partial charge < -0.3 is 10.8 Å². The van der Waals surface area contributed by atoms with Crippen LogP contribution in [0, 0.1) is 11.3 Å². The maximum atomic E-state index is 12.4. The molecule has 0 spiro atoms. The summed E-state index contributed by atoms with van der Waals surface area (Å²) in [5, 5.41) is 17.2. The zero-order valence-electron chi connectivity index (χ0n) is 7.94. The van der Waals surface area contributed by atoms with Crippen LogP contribution in [0.3, 0.4) is 0 Å². The van der Waals surface area contributed by atoms with Gasteiger partial charge in [0.15, 0.2) is 0 Å². The molecule has 0 aliphatic heterocycles. The van der Waals surface area contributed by atoms with Gasteiger partial charge in [-0.1, -0.05) is 0 Å². The van der Waals surface area contributed by atoms with Crippen LogP contribution in [0.15, 0.2) is 6.20 Å². The molecule has 1 rings (SSSR count). The molecule has 5 nitrogen and oxygen atoms in total. The minimum Gasteiger partial charge on any atom is -0.481 e. The molecule has 1 heterocycles. The number of nitrogen functional groups attached to an aromatic ring is 1. The van der Waals surface area contributed by atoms with E-state index in [2.05, 4.69) is 4.98 Å². The highest BCUT2D eigenvalue weighted by Gasteiger charge is 2.20. The molecule has 0 bridgehead atoms. The molecule has 3 N–H and O–H groups in total. The first kappa shape index (κ1) is 11.8. The number of nitrogens with two attached hydrogens (primary N) is 1. The number of aromatic nitrogens is 1. The highest BCUT2D eigenvalue weighted by atomic mass is 19.3. The van der Waals surface area contributed by atoms with Gasteiger partial charge in [0, 0.05) is 11.8 Å². The number of nitriles is 1. The van der Waals surface area contributed by atoms with E-state index < -0.39 is 30.2 Å². The van der Waals surface area contributed by atoms with Crippen molar-refractivity contribution in [3.8, 4) is 6.07 Å². The van der Waals surface area contributed by atoms with Crippen molar-refractivity contribution in [1.29, 1.82) is 5.26 Å². The zero-order valence-corrected chi connectivity index (χ0v) is 7.94. The summed E-state index contributed by atoms with van der Waals surface area (Å²) in [4.78, 5) is 13.8. The van der Waals surface area contributed by atoms with Gasteiger partial charge in [-0.2, -0.15) is 5.26 Å². The van der Waals surface area contributed by atoms with Crippen molar-refractivity contribution in [2.24, 2.45) is 0 Å². The van der Waals surface area contributed by atoms with Crippen LogP contribution in [0.25, 0.3) is 0 Å². The fourth-order valence-corrected chi connectivity index (χ4v) is 1.19. The Kier molecular flexibility index (Phi) is 3.35. The number of halogens is 2. The summed E-state index contributed by atoms with van der Waals surface area (Å²) in [5.74, 6) is -1.25. The molecule has 0 aliphatic rings. The second-order valence-corrected chi connectivity index (χ2v) is 2.93. The molecule has 1 aromatic rings. The SMILES string of the molecule is N#Cc1cnc(C(F)F)c(N)c1CC(=O)O. The second-order valence-electron chi connectivity index (χ2n) is 2.93. The maximum absolute atomic E-state index is 12.4. The van der Waals surface area contributed by atoms with Gasteiger partial charge in [-0.15, -0.1) is 0 Å². The standard InChI is InChI=1S/C9H7F2N3O2/c10-9(11)8-7(13)5(1-6(15)16)4(2-12)3-14-8/h3,9H,1,13H2,(H,15,16). The van der Waals surface area contributed by atoms with Gasteiger partial charge in [-0.3, -0.25) is 9.78 Å². The molecule has 0 amide bonds. The lowest BCUT2D eigenvalue weighted by Gasteiger charge is -2.09. The fraction of sp³-hybridized carbons (Fsp3) is 0.222. The number of hydrogen-bond acceptors (Lipinski definition) is 4. The number of carbonyl (C=O) groups is 1. The minimum absolute atomic E-state index is 0.107. The number of nitrogens with zero attached hydrogens (tertiary/aromatic N) is 2. The van der Waals surface area contributed by atoms with E-state index in [9.17, 15) is 13.6 Å². The molecule has 0 saturated heterocycles. The van der Waals surface area contributed by atoms with Gasteiger partial charge in [0.2, 0.25) is 0 Å². The minimum atomic E-state index is -2.90. The Hall–Kier alpha value is -2.23. The van der Waals surface area contributed by atoms with Gasteiger partial charge in [0.25, 0.3) is 6.43 Å². The van der Waals surface area contributed by atoms with Gasteiger partial charge in [0.1, 0.15) is 11.8 Å². The number of alkyl halides is 2. The second kappa shape index (κ2) is 4.53. The van der Waals surface area contributed by atoms with Crippen LogP contribution in [0.5, 0.6) is 0 Å². The Morgan fingerprint density at radius 2 is 2.31 bits per heavy atom. The Morgan fingerprint density at radius 1 is 1.69 bits per heavy atom. The number of pyridine rings is 1. The predicted octanol–water partition coefficient (Wildman–Crippen LogP) is 1.10. The van der Waals surface area contributed by atoms with E-state index in [1.807, 2.05) is 0 Å². The van der Waals surface area contributed by atoms with Gasteiger partial charge in [0.05, 0.1) is 17.7 Å². The van der Waals surface area contributed by atoms with E-state index in [0.29, 0.717) is 0 Å². The van der Waals surface area contributed by atoms with Crippen molar-refractivity contribution in [1.82, 2.24) is 4.98 Å². The molecule has 0 atom stereocenters. The fourth-order valence-electron chi connectivity index (χ4n) is 1.19. The average Bonchev–Trinajstić information content (AvgIpc) is 2.19. The summed E-state index contributed by atoms with van der Waals surface area (Å²) in [6, 6.07) is 1.66. The summed E-state index contributed by atoms with van der Waals surface area (Å²) >= 11 is 0. The highest BCUT2D eigenvalue weighted by molar-refractivity contribution is 5.75. The lowest BCUT2D eigenvalue weighted by atomic mass is 10.0. The molecule has 7 heteroatoms. The van der Waals surface area contributed by atoms with Gasteiger partial charge in [-0.05, 0) is 0 Å². The van der Waals surface area contributed by atoms with Crippen molar-refractivity contribution in [2.45, 2.75) is 12.8 Å². The van der Waals surface area contributed by atoms with E-state index in [0.717, 1.165) is 6.20 Å². The lowest BCUT2D eigenvalue weighted by Crippen LogP contribution is -2.10.